The summed E-state index contributed by atoms with van der Waals surface area (Å²) in [5.74, 6) is 2.82. The van der Waals surface area contributed by atoms with Gasteiger partial charge in [-0.3, -0.25) is 4.79 Å². The number of carbonyl (C=O) groups is 1. The van der Waals surface area contributed by atoms with Crippen LogP contribution in [0.4, 0.5) is 19.0 Å². The number of nitrogens with zero attached hydrogens (tertiary/aromatic N) is 2. The monoisotopic (exact) mass is 441 g/mol. The Bertz CT molecular complexity index is 800. The van der Waals surface area contributed by atoms with E-state index in [4.69, 9.17) is 11.6 Å². The summed E-state index contributed by atoms with van der Waals surface area (Å²) in [6, 6.07) is 0.926. The first-order chi connectivity index (χ1) is 14.2. The second kappa shape index (κ2) is 7.28. The van der Waals surface area contributed by atoms with Crippen LogP contribution in [0, 0.1) is 23.7 Å². The second-order valence-corrected chi connectivity index (χ2v) is 10.4. The first kappa shape index (κ1) is 20.4. The lowest BCUT2D eigenvalue weighted by molar-refractivity contribution is -0.138. The molecule has 30 heavy (non-hydrogen) atoms. The van der Waals surface area contributed by atoms with Crippen molar-refractivity contribution in [3.05, 3.63) is 22.8 Å². The summed E-state index contributed by atoms with van der Waals surface area (Å²) in [4.78, 5) is 18.9. The molecular weight excluding hydrogens is 415 g/mol. The van der Waals surface area contributed by atoms with Gasteiger partial charge in [0.15, 0.2) is 0 Å². The molecular formula is C22H27ClF3N3O. The van der Waals surface area contributed by atoms with Gasteiger partial charge in [-0.2, -0.15) is 13.2 Å². The highest BCUT2D eigenvalue weighted by Gasteiger charge is 2.51. The minimum Gasteiger partial charge on any atom is -0.355 e. The minimum atomic E-state index is -4.46. The van der Waals surface area contributed by atoms with E-state index in [1.165, 1.54) is 19.3 Å². The third kappa shape index (κ3) is 3.78. The van der Waals surface area contributed by atoms with E-state index in [0.717, 1.165) is 49.3 Å². The van der Waals surface area contributed by atoms with Crippen molar-refractivity contribution in [1.82, 2.24) is 10.3 Å². The molecule has 0 spiro atoms. The van der Waals surface area contributed by atoms with E-state index in [1.54, 1.807) is 0 Å². The third-order valence-electron chi connectivity index (χ3n) is 7.74. The number of halogens is 4. The Kier molecular flexibility index (Phi) is 4.95. The largest absolute Gasteiger partial charge is 0.417 e. The van der Waals surface area contributed by atoms with Gasteiger partial charge in [-0.05, 0) is 75.2 Å². The predicted molar refractivity (Wildman–Crippen MR) is 108 cm³/mol. The van der Waals surface area contributed by atoms with Crippen LogP contribution in [-0.2, 0) is 11.0 Å². The van der Waals surface area contributed by atoms with Crippen LogP contribution in [0.2, 0.25) is 5.02 Å². The molecule has 5 fully saturated rings. The lowest BCUT2D eigenvalue weighted by atomic mass is 9.53. The maximum atomic E-state index is 13.1. The predicted octanol–water partition coefficient (Wildman–Crippen LogP) is 5.06. The summed E-state index contributed by atoms with van der Waals surface area (Å²) >= 11 is 6.09. The number of carbonyl (C=O) groups excluding carboxylic acids is 1. The fraction of sp³-hybridized carbons (Fsp3) is 0.727. The zero-order valence-electron chi connectivity index (χ0n) is 16.8. The zero-order valence-corrected chi connectivity index (χ0v) is 17.6. The SMILES string of the molecule is O=C(NC12CC3CC(CC(C3)C1)C2)C1CCN(c2ncc(C(F)(F)F)cc2Cl)CC1. The van der Waals surface area contributed by atoms with Crippen LogP contribution >= 0.6 is 11.6 Å². The molecule has 4 nitrogen and oxygen atoms in total. The van der Waals surface area contributed by atoms with Gasteiger partial charge in [-0.15, -0.1) is 0 Å². The van der Waals surface area contributed by atoms with E-state index in [9.17, 15) is 18.0 Å². The summed E-state index contributed by atoms with van der Waals surface area (Å²) < 4.78 is 38.5. The van der Waals surface area contributed by atoms with Crippen LogP contribution in [0.15, 0.2) is 12.3 Å². The van der Waals surface area contributed by atoms with Gasteiger partial charge in [0.1, 0.15) is 5.82 Å². The van der Waals surface area contributed by atoms with Crippen LogP contribution in [0.1, 0.15) is 56.9 Å². The standard InChI is InChI=1S/C22H27ClF3N3O/c23-18-8-17(22(24,25)26)12-27-19(18)29-3-1-16(2-4-29)20(30)28-21-9-13-5-14(10-21)7-15(6-13)11-21/h8,12-16H,1-7,9-11H2,(H,28,30). The normalized spacial score (nSPS) is 33.7. The molecule has 0 radical (unpaired) electrons. The zero-order chi connectivity index (χ0) is 21.1. The van der Waals surface area contributed by atoms with Crippen molar-refractivity contribution in [2.45, 2.75) is 63.1 Å². The molecule has 1 amide bonds. The van der Waals surface area contributed by atoms with Gasteiger partial charge < -0.3 is 10.2 Å². The number of hydrogen-bond donors (Lipinski definition) is 1. The summed E-state index contributed by atoms with van der Waals surface area (Å²) in [7, 11) is 0. The summed E-state index contributed by atoms with van der Waals surface area (Å²) in [6.45, 7) is 1.13. The van der Waals surface area contributed by atoms with Crippen molar-refractivity contribution in [1.29, 1.82) is 0 Å². The number of alkyl halides is 3. The number of aromatic nitrogens is 1. The Balaban J connectivity index is 1.20. The molecule has 5 aliphatic rings. The lowest BCUT2D eigenvalue weighted by Crippen LogP contribution is -2.61. The van der Waals surface area contributed by atoms with Crippen LogP contribution in [0.5, 0.6) is 0 Å². The third-order valence-corrected chi connectivity index (χ3v) is 8.02. The number of amides is 1. The summed E-state index contributed by atoms with van der Waals surface area (Å²) in [6.07, 6.45) is 5.12. The Morgan fingerprint density at radius 3 is 2.17 bits per heavy atom. The Hall–Kier alpha value is -1.50. The highest BCUT2D eigenvalue weighted by atomic mass is 35.5. The fourth-order valence-electron chi connectivity index (χ4n) is 6.80. The molecule has 4 bridgehead atoms. The summed E-state index contributed by atoms with van der Waals surface area (Å²) in [5.41, 5.74) is -0.831. The van der Waals surface area contributed by atoms with Crippen molar-refractivity contribution in [2.24, 2.45) is 23.7 Å². The molecule has 1 aromatic heterocycles. The van der Waals surface area contributed by atoms with E-state index in [1.807, 2.05) is 4.90 Å². The molecule has 1 N–H and O–H groups in total. The Morgan fingerprint density at radius 1 is 1.10 bits per heavy atom. The molecule has 2 heterocycles. The lowest BCUT2D eigenvalue weighted by Gasteiger charge is -2.57. The summed E-state index contributed by atoms with van der Waals surface area (Å²) in [5, 5.41) is 3.46. The number of anilines is 1. The van der Waals surface area contributed by atoms with Gasteiger partial charge in [0.2, 0.25) is 5.91 Å². The highest BCUT2D eigenvalue weighted by Crippen LogP contribution is 2.55. The topological polar surface area (TPSA) is 45.2 Å². The van der Waals surface area contributed by atoms with Gasteiger partial charge in [-0.25, -0.2) is 4.98 Å². The van der Waals surface area contributed by atoms with E-state index in [2.05, 4.69) is 10.3 Å². The number of rotatable bonds is 3. The molecule has 4 saturated carbocycles. The number of nitrogens with one attached hydrogen (secondary N) is 1. The molecule has 1 aromatic rings. The molecule has 0 aromatic carbocycles. The quantitative estimate of drug-likeness (QED) is 0.713. The molecule has 1 aliphatic heterocycles. The molecule has 164 valence electrons. The molecule has 8 heteroatoms. The average molecular weight is 442 g/mol. The van der Waals surface area contributed by atoms with Gasteiger partial charge in [0.05, 0.1) is 10.6 Å². The van der Waals surface area contributed by atoms with Crippen molar-refractivity contribution >= 4 is 23.3 Å². The minimum absolute atomic E-state index is 0.00120. The first-order valence-electron chi connectivity index (χ1n) is 11.0. The van der Waals surface area contributed by atoms with E-state index in [0.29, 0.717) is 31.7 Å². The Morgan fingerprint density at radius 2 is 1.67 bits per heavy atom. The first-order valence-corrected chi connectivity index (χ1v) is 11.4. The van der Waals surface area contributed by atoms with E-state index < -0.39 is 11.7 Å². The van der Waals surface area contributed by atoms with E-state index in [-0.39, 0.29) is 22.4 Å². The van der Waals surface area contributed by atoms with Crippen molar-refractivity contribution in [3.8, 4) is 0 Å². The maximum absolute atomic E-state index is 13.1. The fourth-order valence-corrected chi connectivity index (χ4v) is 7.08. The molecule has 0 unspecified atom stereocenters. The smallest absolute Gasteiger partial charge is 0.355 e. The average Bonchev–Trinajstić information content (AvgIpc) is 2.66. The molecule has 4 aliphatic carbocycles. The molecule has 6 rings (SSSR count). The maximum Gasteiger partial charge on any atom is 0.417 e. The highest BCUT2D eigenvalue weighted by molar-refractivity contribution is 6.33. The second-order valence-electron chi connectivity index (χ2n) is 9.98. The van der Waals surface area contributed by atoms with E-state index >= 15 is 0 Å². The van der Waals surface area contributed by atoms with Gasteiger partial charge >= 0.3 is 6.18 Å². The molecule has 1 saturated heterocycles. The number of pyridine rings is 1. The molecule has 0 atom stereocenters. The van der Waals surface area contributed by atoms with Crippen molar-refractivity contribution in [3.63, 3.8) is 0 Å². The van der Waals surface area contributed by atoms with Crippen LogP contribution in [-0.4, -0.2) is 29.5 Å². The van der Waals surface area contributed by atoms with Gasteiger partial charge in [-0.1, -0.05) is 11.6 Å². The van der Waals surface area contributed by atoms with Crippen LogP contribution in [0.25, 0.3) is 0 Å². The number of piperidine rings is 1. The van der Waals surface area contributed by atoms with Crippen molar-refractivity contribution < 1.29 is 18.0 Å². The van der Waals surface area contributed by atoms with Crippen LogP contribution < -0.4 is 10.2 Å². The van der Waals surface area contributed by atoms with Crippen LogP contribution in [0.3, 0.4) is 0 Å². The van der Waals surface area contributed by atoms with Crippen molar-refractivity contribution in [2.75, 3.05) is 18.0 Å². The van der Waals surface area contributed by atoms with Gasteiger partial charge in [0.25, 0.3) is 0 Å². The Labute approximate surface area is 179 Å². The van der Waals surface area contributed by atoms with Gasteiger partial charge in [0, 0.05) is 30.7 Å². The number of hydrogen-bond acceptors (Lipinski definition) is 3.